The summed E-state index contributed by atoms with van der Waals surface area (Å²) in [6, 6.07) is 4.85. The highest BCUT2D eigenvalue weighted by Gasteiger charge is 2.51. The summed E-state index contributed by atoms with van der Waals surface area (Å²) in [6.07, 6.45) is 10.7. The molecule has 0 amide bonds. The molecule has 4 aliphatic carbocycles. The summed E-state index contributed by atoms with van der Waals surface area (Å²) in [5.41, 5.74) is 5.83. The first kappa shape index (κ1) is 11.4. The summed E-state index contributed by atoms with van der Waals surface area (Å²) >= 11 is 0. The van der Waals surface area contributed by atoms with Crippen molar-refractivity contribution in [3.63, 3.8) is 0 Å². The molecule has 1 N–H and O–H groups in total. The van der Waals surface area contributed by atoms with E-state index in [0.717, 1.165) is 23.3 Å². The van der Waals surface area contributed by atoms with Gasteiger partial charge in [0.25, 0.3) is 0 Å². The van der Waals surface area contributed by atoms with Gasteiger partial charge in [0.1, 0.15) is 0 Å². The number of aromatic amines is 1. The van der Waals surface area contributed by atoms with Crippen LogP contribution in [0.2, 0.25) is 0 Å². The molecule has 0 radical (unpaired) electrons. The Balaban J connectivity index is 1.67. The number of hydrogen-bond donors (Lipinski definition) is 1. The third-order valence-electron chi connectivity index (χ3n) is 6.36. The second kappa shape index (κ2) is 3.66. The van der Waals surface area contributed by atoms with E-state index in [1.807, 2.05) is 6.33 Å². The number of rotatable bonds is 1. The summed E-state index contributed by atoms with van der Waals surface area (Å²) in [5, 5.41) is 0. The van der Waals surface area contributed by atoms with Gasteiger partial charge in [-0.1, -0.05) is 6.07 Å². The lowest BCUT2D eigenvalue weighted by molar-refractivity contribution is -0.00515. The predicted molar refractivity (Wildman–Crippen MR) is 80.7 cm³/mol. The van der Waals surface area contributed by atoms with Gasteiger partial charge in [0.05, 0.1) is 17.4 Å². The van der Waals surface area contributed by atoms with Crippen LogP contribution < -0.4 is 0 Å². The number of aromatic nitrogens is 2. The van der Waals surface area contributed by atoms with E-state index in [2.05, 4.69) is 29.0 Å². The van der Waals surface area contributed by atoms with Crippen LogP contribution in [0.3, 0.4) is 0 Å². The fraction of sp³-hybridized carbons (Fsp3) is 0.611. The lowest BCUT2D eigenvalue weighted by atomic mass is 9.48. The summed E-state index contributed by atoms with van der Waals surface area (Å²) < 4.78 is 0. The summed E-state index contributed by atoms with van der Waals surface area (Å²) in [6.45, 7) is 2.22. The predicted octanol–water partition coefficient (Wildman–Crippen LogP) is 4.34. The Morgan fingerprint density at radius 1 is 1.05 bits per heavy atom. The first-order valence-electron chi connectivity index (χ1n) is 8.16. The molecule has 0 saturated heterocycles. The Morgan fingerprint density at radius 3 is 2.35 bits per heavy atom. The first-order valence-corrected chi connectivity index (χ1v) is 8.16. The minimum Gasteiger partial charge on any atom is -0.345 e. The molecule has 2 aromatic rings. The number of imidazole rings is 1. The molecule has 104 valence electrons. The Bertz CT molecular complexity index is 646. The van der Waals surface area contributed by atoms with Gasteiger partial charge in [-0.15, -0.1) is 0 Å². The maximum Gasteiger partial charge on any atom is 0.0931 e. The minimum atomic E-state index is 0.499. The van der Waals surface area contributed by atoms with Crippen molar-refractivity contribution in [1.29, 1.82) is 0 Å². The summed E-state index contributed by atoms with van der Waals surface area (Å²) in [4.78, 5) is 7.77. The van der Waals surface area contributed by atoms with Crippen LogP contribution in [0.4, 0.5) is 0 Å². The van der Waals surface area contributed by atoms with Crippen LogP contribution in [0.5, 0.6) is 0 Å². The van der Waals surface area contributed by atoms with Crippen LogP contribution >= 0.6 is 0 Å². The number of fused-ring (bicyclic) bond motifs is 1. The summed E-state index contributed by atoms with van der Waals surface area (Å²) in [5.74, 6) is 3.04. The van der Waals surface area contributed by atoms with Crippen molar-refractivity contribution in [3.8, 4) is 0 Å². The van der Waals surface area contributed by atoms with E-state index in [4.69, 9.17) is 0 Å². The molecule has 0 unspecified atom stereocenters. The number of nitrogens with zero attached hydrogens (tertiary/aromatic N) is 1. The molecule has 1 aromatic heterocycles. The maximum absolute atomic E-state index is 4.45. The van der Waals surface area contributed by atoms with Gasteiger partial charge in [-0.2, -0.15) is 0 Å². The van der Waals surface area contributed by atoms with Crippen molar-refractivity contribution in [2.24, 2.45) is 17.8 Å². The van der Waals surface area contributed by atoms with Crippen molar-refractivity contribution in [3.05, 3.63) is 29.6 Å². The largest absolute Gasteiger partial charge is 0.345 e. The lowest BCUT2D eigenvalue weighted by Crippen LogP contribution is -2.48. The Labute approximate surface area is 120 Å². The van der Waals surface area contributed by atoms with E-state index >= 15 is 0 Å². The molecule has 0 spiro atoms. The number of aryl methyl sites for hydroxylation is 1. The van der Waals surface area contributed by atoms with Gasteiger partial charge in [-0.25, -0.2) is 4.98 Å². The highest BCUT2D eigenvalue weighted by atomic mass is 14.9. The third kappa shape index (κ3) is 1.43. The normalized spacial score (nSPS) is 38.8. The van der Waals surface area contributed by atoms with Crippen LogP contribution in [0, 0.1) is 24.7 Å². The zero-order valence-corrected chi connectivity index (χ0v) is 12.2. The van der Waals surface area contributed by atoms with E-state index in [1.165, 1.54) is 49.6 Å². The van der Waals surface area contributed by atoms with E-state index in [-0.39, 0.29) is 0 Å². The van der Waals surface area contributed by atoms with Crippen LogP contribution in [0.1, 0.15) is 49.7 Å². The lowest BCUT2D eigenvalue weighted by Gasteiger charge is -2.57. The van der Waals surface area contributed by atoms with Gasteiger partial charge in [-0.3, -0.25) is 0 Å². The zero-order valence-electron chi connectivity index (χ0n) is 12.2. The van der Waals surface area contributed by atoms with Crippen molar-refractivity contribution in [2.45, 2.75) is 50.9 Å². The molecule has 4 bridgehead atoms. The second-order valence-electron chi connectivity index (χ2n) is 7.79. The SMILES string of the molecule is Cc1cc(C23CC4CC(CC(C4)C2)C3)cc2[nH]cnc12. The van der Waals surface area contributed by atoms with Crippen molar-refractivity contribution in [2.75, 3.05) is 0 Å². The first-order chi connectivity index (χ1) is 9.72. The average Bonchev–Trinajstić information content (AvgIpc) is 2.86. The fourth-order valence-corrected chi connectivity index (χ4v) is 6.00. The van der Waals surface area contributed by atoms with E-state index in [1.54, 1.807) is 5.56 Å². The molecule has 2 nitrogen and oxygen atoms in total. The molecule has 4 fully saturated rings. The topological polar surface area (TPSA) is 28.7 Å². The highest BCUT2D eigenvalue weighted by molar-refractivity contribution is 5.79. The van der Waals surface area contributed by atoms with Gasteiger partial charge in [0, 0.05) is 0 Å². The van der Waals surface area contributed by atoms with E-state index < -0.39 is 0 Å². The van der Waals surface area contributed by atoms with E-state index in [9.17, 15) is 0 Å². The van der Waals surface area contributed by atoms with Gasteiger partial charge >= 0.3 is 0 Å². The van der Waals surface area contributed by atoms with Crippen LogP contribution in [0.15, 0.2) is 18.5 Å². The van der Waals surface area contributed by atoms with Gasteiger partial charge in [0.2, 0.25) is 0 Å². The molecular formula is C18H22N2. The molecule has 1 aromatic carbocycles. The molecule has 4 saturated carbocycles. The number of benzene rings is 1. The molecule has 2 heteroatoms. The number of hydrogen-bond acceptors (Lipinski definition) is 1. The van der Waals surface area contributed by atoms with Crippen molar-refractivity contribution >= 4 is 11.0 Å². The Hall–Kier alpha value is -1.31. The van der Waals surface area contributed by atoms with Crippen LogP contribution in [-0.4, -0.2) is 9.97 Å². The van der Waals surface area contributed by atoms with Gasteiger partial charge in [-0.05, 0) is 85.8 Å². The quantitative estimate of drug-likeness (QED) is 0.817. The number of nitrogens with one attached hydrogen (secondary N) is 1. The molecule has 6 rings (SSSR count). The molecule has 20 heavy (non-hydrogen) atoms. The minimum absolute atomic E-state index is 0.499. The van der Waals surface area contributed by atoms with Crippen LogP contribution in [-0.2, 0) is 5.41 Å². The van der Waals surface area contributed by atoms with Gasteiger partial charge < -0.3 is 4.98 Å². The monoisotopic (exact) mass is 266 g/mol. The molecular weight excluding hydrogens is 244 g/mol. The Morgan fingerprint density at radius 2 is 1.70 bits per heavy atom. The molecule has 0 atom stereocenters. The molecule has 1 heterocycles. The van der Waals surface area contributed by atoms with Crippen molar-refractivity contribution in [1.82, 2.24) is 9.97 Å². The van der Waals surface area contributed by atoms with Crippen molar-refractivity contribution < 1.29 is 0 Å². The number of H-pyrrole nitrogens is 1. The smallest absolute Gasteiger partial charge is 0.0931 e. The average molecular weight is 266 g/mol. The second-order valence-corrected chi connectivity index (χ2v) is 7.79. The molecule has 4 aliphatic rings. The molecule has 0 aliphatic heterocycles. The third-order valence-corrected chi connectivity index (χ3v) is 6.36. The zero-order chi connectivity index (χ0) is 13.3. The van der Waals surface area contributed by atoms with E-state index in [0.29, 0.717) is 5.41 Å². The van der Waals surface area contributed by atoms with Gasteiger partial charge in [0.15, 0.2) is 0 Å². The Kier molecular flexibility index (Phi) is 2.08. The maximum atomic E-state index is 4.45. The standard InChI is InChI=1S/C18H22N2/c1-11-2-15(6-16-17(11)20-10-19-16)18-7-12-3-13(8-18)5-14(4-12)9-18/h2,6,10,12-14H,3-5,7-9H2,1H3,(H,19,20). The highest BCUT2D eigenvalue weighted by Crippen LogP contribution is 2.60. The van der Waals surface area contributed by atoms with Crippen LogP contribution in [0.25, 0.3) is 11.0 Å². The summed E-state index contributed by atoms with van der Waals surface area (Å²) in [7, 11) is 0. The fourth-order valence-electron chi connectivity index (χ4n) is 6.00.